The summed E-state index contributed by atoms with van der Waals surface area (Å²) in [5, 5.41) is 13.0. The van der Waals surface area contributed by atoms with Crippen molar-refractivity contribution < 1.29 is 19.4 Å². The van der Waals surface area contributed by atoms with Crippen molar-refractivity contribution in [1.82, 2.24) is 9.47 Å². The maximum Gasteiger partial charge on any atom is 0.410 e. The molecule has 1 aliphatic heterocycles. The predicted molar refractivity (Wildman–Crippen MR) is 105 cm³/mol. The summed E-state index contributed by atoms with van der Waals surface area (Å²) < 4.78 is 7.06. The molecule has 29 heavy (non-hydrogen) atoms. The summed E-state index contributed by atoms with van der Waals surface area (Å²) in [6.45, 7) is 6.69. The molecule has 6 rings (SSSR count). The zero-order valence-electron chi connectivity index (χ0n) is 17.0. The van der Waals surface area contributed by atoms with Crippen LogP contribution < -0.4 is 10.9 Å². The average molecular weight is 401 g/mol. The van der Waals surface area contributed by atoms with Gasteiger partial charge in [0.25, 0.3) is 5.56 Å². The summed E-state index contributed by atoms with van der Waals surface area (Å²) in [6.07, 6.45) is 4.15. The molecule has 0 spiro atoms. The van der Waals surface area contributed by atoms with Crippen molar-refractivity contribution in [2.45, 2.75) is 57.2 Å². The van der Waals surface area contributed by atoms with E-state index in [2.05, 4.69) is 5.32 Å². The van der Waals surface area contributed by atoms with Gasteiger partial charge < -0.3 is 24.6 Å². The van der Waals surface area contributed by atoms with Gasteiger partial charge in [-0.3, -0.25) is 4.79 Å². The quantitative estimate of drug-likeness (QED) is 0.803. The van der Waals surface area contributed by atoms with Gasteiger partial charge in [-0.2, -0.15) is 0 Å². The largest absolute Gasteiger partial charge is 0.478 e. The first-order valence-electron chi connectivity index (χ1n) is 10.3. The van der Waals surface area contributed by atoms with E-state index < -0.39 is 11.6 Å². The highest BCUT2D eigenvalue weighted by Crippen LogP contribution is 2.61. The number of anilines is 1. The summed E-state index contributed by atoms with van der Waals surface area (Å²) in [5.41, 5.74) is -0.287. The first-order chi connectivity index (χ1) is 13.6. The van der Waals surface area contributed by atoms with Crippen LogP contribution in [0.15, 0.2) is 17.1 Å². The van der Waals surface area contributed by atoms with Crippen molar-refractivity contribution in [3.63, 3.8) is 0 Å². The summed E-state index contributed by atoms with van der Waals surface area (Å²) in [4.78, 5) is 38.4. The van der Waals surface area contributed by atoms with Crippen LogP contribution >= 0.6 is 0 Å². The lowest BCUT2D eigenvalue weighted by Gasteiger charge is -2.62. The fourth-order valence-corrected chi connectivity index (χ4v) is 5.32. The number of pyridine rings is 1. The Balaban J connectivity index is 1.28. The fourth-order valence-electron chi connectivity index (χ4n) is 5.32. The van der Waals surface area contributed by atoms with Crippen molar-refractivity contribution in [1.29, 1.82) is 0 Å². The summed E-state index contributed by atoms with van der Waals surface area (Å²) in [5.74, 6) is 0.175. The lowest BCUT2D eigenvalue weighted by molar-refractivity contribution is -0.0914. The molecule has 2 N–H and O–H groups in total. The number of hydrogen-bond acceptors (Lipinski definition) is 5. The van der Waals surface area contributed by atoms with Gasteiger partial charge in [0, 0.05) is 48.8 Å². The van der Waals surface area contributed by atoms with E-state index in [1.54, 1.807) is 9.47 Å². The number of likely N-dealkylation sites (tertiary alicyclic amines) is 1. The minimum Gasteiger partial charge on any atom is -0.478 e. The second-order valence-electron chi connectivity index (χ2n) is 10.2. The van der Waals surface area contributed by atoms with Crippen LogP contribution in [-0.2, 0) is 10.3 Å². The highest BCUT2D eigenvalue weighted by molar-refractivity contribution is 5.94. The first-order valence-corrected chi connectivity index (χ1v) is 10.3. The van der Waals surface area contributed by atoms with E-state index >= 15 is 0 Å². The van der Waals surface area contributed by atoms with Crippen LogP contribution in [0.25, 0.3) is 0 Å². The number of piperidine rings is 1. The molecule has 5 fully saturated rings. The standard InChI is InChI=1S/C21H27N3O5/c1-20(2,3)29-19(28)23-8-12-13(9-23)17(12)22-15-4-16(25)24(10-14(15)18(26)27)21-5-11(6-21)7-21/h4,10-13,17,22H,5-9H2,1-3H3,(H,26,27)/t11?,12-,13+,17?,21?. The number of carboxylic acids is 1. The number of carboxylic acid groups (broad SMARTS) is 1. The minimum absolute atomic E-state index is 0.0805. The molecular formula is C21H27N3O5. The molecule has 1 aromatic heterocycles. The molecule has 1 unspecified atom stereocenters. The zero-order chi connectivity index (χ0) is 20.7. The number of rotatable bonds is 4. The molecule has 1 amide bonds. The van der Waals surface area contributed by atoms with Crippen LogP contribution in [0.2, 0.25) is 0 Å². The minimum atomic E-state index is -1.03. The Labute approximate surface area is 168 Å². The highest BCUT2D eigenvalue weighted by Gasteiger charge is 2.59. The summed E-state index contributed by atoms with van der Waals surface area (Å²) in [7, 11) is 0. The van der Waals surface area contributed by atoms with Crippen LogP contribution in [0, 0.1) is 17.8 Å². The van der Waals surface area contributed by atoms with E-state index in [0.717, 1.165) is 19.3 Å². The molecule has 1 aromatic rings. The number of nitrogens with zero attached hydrogens (tertiary/aromatic N) is 2. The van der Waals surface area contributed by atoms with Gasteiger partial charge in [-0.25, -0.2) is 9.59 Å². The average Bonchev–Trinajstić information content (AvgIpc) is 2.96. The van der Waals surface area contributed by atoms with Crippen molar-refractivity contribution in [2.75, 3.05) is 18.4 Å². The number of aromatic nitrogens is 1. The Kier molecular flexibility index (Phi) is 3.68. The maximum atomic E-state index is 12.7. The van der Waals surface area contributed by atoms with Crippen molar-refractivity contribution in [2.24, 2.45) is 17.8 Å². The van der Waals surface area contributed by atoms with E-state index in [1.807, 2.05) is 20.8 Å². The monoisotopic (exact) mass is 401 g/mol. The van der Waals surface area contributed by atoms with Gasteiger partial charge in [0.2, 0.25) is 0 Å². The number of fused-ring (bicyclic) bond motifs is 1. The molecule has 156 valence electrons. The number of carbonyl (C=O) groups excluding carboxylic acids is 1. The molecule has 2 heterocycles. The van der Waals surface area contributed by atoms with Crippen LogP contribution in [0.3, 0.4) is 0 Å². The lowest BCUT2D eigenvalue weighted by Crippen LogP contribution is -2.62. The van der Waals surface area contributed by atoms with Gasteiger partial charge in [-0.05, 0) is 46.0 Å². The SMILES string of the molecule is CC(C)(C)OC(=O)N1C[C@@H]2C(Nc3cc(=O)n(C45CC(C4)C5)cc3C(=O)O)[C@@H]2C1. The highest BCUT2D eigenvalue weighted by atomic mass is 16.6. The molecule has 0 aromatic carbocycles. The van der Waals surface area contributed by atoms with Crippen molar-refractivity contribution >= 4 is 17.7 Å². The third kappa shape index (κ3) is 2.91. The molecule has 8 heteroatoms. The van der Waals surface area contributed by atoms with E-state index in [9.17, 15) is 19.5 Å². The summed E-state index contributed by atoms with van der Waals surface area (Å²) >= 11 is 0. The zero-order valence-corrected chi connectivity index (χ0v) is 17.0. The van der Waals surface area contributed by atoms with Crippen LogP contribution in [0.5, 0.6) is 0 Å². The number of carbonyl (C=O) groups is 2. The molecule has 4 aliphatic carbocycles. The number of amides is 1. The van der Waals surface area contributed by atoms with E-state index in [0.29, 0.717) is 24.7 Å². The molecule has 3 atom stereocenters. The van der Waals surface area contributed by atoms with Gasteiger partial charge in [0.15, 0.2) is 0 Å². The normalized spacial score (nSPS) is 34.0. The predicted octanol–water partition coefficient (Wildman–Crippen LogP) is 2.33. The molecular weight excluding hydrogens is 374 g/mol. The molecule has 5 aliphatic rings. The smallest absolute Gasteiger partial charge is 0.410 e. The van der Waals surface area contributed by atoms with Gasteiger partial charge >= 0.3 is 12.1 Å². The van der Waals surface area contributed by atoms with Crippen molar-refractivity contribution in [3.05, 3.63) is 28.2 Å². The Morgan fingerprint density at radius 2 is 1.83 bits per heavy atom. The van der Waals surface area contributed by atoms with E-state index in [-0.39, 0.29) is 40.6 Å². The Morgan fingerprint density at radius 3 is 2.31 bits per heavy atom. The molecule has 1 saturated heterocycles. The van der Waals surface area contributed by atoms with Crippen LogP contribution in [0.1, 0.15) is 50.4 Å². The van der Waals surface area contributed by atoms with Crippen LogP contribution in [-0.4, -0.2) is 51.4 Å². The number of ether oxygens (including phenoxy) is 1. The van der Waals surface area contributed by atoms with Gasteiger partial charge in [-0.1, -0.05) is 0 Å². The summed E-state index contributed by atoms with van der Waals surface area (Å²) in [6, 6.07) is 1.51. The van der Waals surface area contributed by atoms with Gasteiger partial charge in [-0.15, -0.1) is 0 Å². The second-order valence-corrected chi connectivity index (χ2v) is 10.2. The molecule has 2 bridgehead atoms. The third-order valence-corrected chi connectivity index (χ3v) is 6.97. The first kappa shape index (κ1) is 18.5. The van der Waals surface area contributed by atoms with E-state index in [4.69, 9.17) is 4.74 Å². The fraction of sp³-hybridized carbons (Fsp3) is 0.667. The van der Waals surface area contributed by atoms with E-state index in [1.165, 1.54) is 12.3 Å². The molecule has 4 saturated carbocycles. The number of nitrogens with one attached hydrogen (secondary N) is 1. The molecule has 0 radical (unpaired) electrons. The Bertz CT molecular complexity index is 933. The lowest BCUT2D eigenvalue weighted by atomic mass is 9.49. The topological polar surface area (TPSA) is 101 Å². The van der Waals surface area contributed by atoms with Crippen LogP contribution in [0.4, 0.5) is 10.5 Å². The number of hydrogen-bond donors (Lipinski definition) is 2. The maximum absolute atomic E-state index is 12.7. The Hall–Kier alpha value is -2.51. The molecule has 8 nitrogen and oxygen atoms in total. The third-order valence-electron chi connectivity index (χ3n) is 6.97. The van der Waals surface area contributed by atoms with Crippen molar-refractivity contribution in [3.8, 4) is 0 Å². The number of aromatic carboxylic acids is 1. The van der Waals surface area contributed by atoms with Gasteiger partial charge in [0.1, 0.15) is 5.60 Å². The Morgan fingerprint density at radius 1 is 1.21 bits per heavy atom. The second kappa shape index (κ2) is 5.77. The van der Waals surface area contributed by atoms with Gasteiger partial charge in [0.05, 0.1) is 11.3 Å².